The van der Waals surface area contributed by atoms with Crippen LogP contribution >= 0.6 is 27.3 Å². The molecule has 1 heterocycles. The third-order valence-electron chi connectivity index (χ3n) is 1.96. The minimum atomic E-state index is -0.479. The molecule has 0 bridgehead atoms. The zero-order valence-electron chi connectivity index (χ0n) is 8.89. The number of nitrogens with two attached hydrogens (primary N) is 1. The summed E-state index contributed by atoms with van der Waals surface area (Å²) in [6, 6.07) is 2.43. The van der Waals surface area contributed by atoms with Gasteiger partial charge in [-0.05, 0) is 28.1 Å². The Bertz CT molecular complexity index is 602. The van der Waals surface area contributed by atoms with Crippen molar-refractivity contribution in [1.29, 1.82) is 0 Å². The maximum absolute atomic E-state index is 13.2. The van der Waals surface area contributed by atoms with Crippen LogP contribution in [-0.2, 0) is 0 Å². The molecular weight excluding hydrogens is 323 g/mol. The fourth-order valence-corrected chi connectivity index (χ4v) is 2.03. The van der Waals surface area contributed by atoms with Crippen molar-refractivity contribution in [3.05, 3.63) is 33.4 Å². The number of thiazole rings is 1. The molecule has 0 saturated carbocycles. The quantitative estimate of drug-likeness (QED) is 0.596. The maximum Gasteiger partial charge on any atom is 0.205 e. The Morgan fingerprint density at radius 2 is 2.33 bits per heavy atom. The molecule has 0 saturated heterocycles. The summed E-state index contributed by atoms with van der Waals surface area (Å²) in [5.74, 6) is -0.157. The molecule has 5 nitrogen and oxygen atoms in total. The minimum absolute atomic E-state index is 0.0764. The van der Waals surface area contributed by atoms with Gasteiger partial charge in [0.1, 0.15) is 17.4 Å². The van der Waals surface area contributed by atoms with Gasteiger partial charge in [0.15, 0.2) is 0 Å². The molecular formula is C10H8BrFN4OS. The average Bonchev–Trinajstić information content (AvgIpc) is 2.71. The van der Waals surface area contributed by atoms with Crippen LogP contribution in [0.15, 0.2) is 27.1 Å². The number of nitrogens with one attached hydrogen (secondary N) is 1. The van der Waals surface area contributed by atoms with E-state index in [1.165, 1.54) is 29.7 Å². The van der Waals surface area contributed by atoms with Gasteiger partial charge in [-0.2, -0.15) is 5.10 Å². The molecule has 0 fully saturated rings. The van der Waals surface area contributed by atoms with E-state index in [1.54, 1.807) is 5.38 Å². The molecule has 0 aliphatic rings. The molecule has 1 aromatic heterocycles. The van der Waals surface area contributed by atoms with Crippen molar-refractivity contribution in [3.63, 3.8) is 0 Å². The van der Waals surface area contributed by atoms with E-state index >= 15 is 0 Å². The van der Waals surface area contributed by atoms with Crippen LogP contribution in [0.25, 0.3) is 0 Å². The predicted octanol–water partition coefficient (Wildman–Crippen LogP) is 2.78. The highest BCUT2D eigenvalue weighted by molar-refractivity contribution is 9.10. The van der Waals surface area contributed by atoms with Gasteiger partial charge in [-0.1, -0.05) is 0 Å². The molecule has 0 amide bonds. The summed E-state index contributed by atoms with van der Waals surface area (Å²) < 4.78 is 13.4. The number of benzene rings is 1. The van der Waals surface area contributed by atoms with E-state index in [1.807, 2.05) is 0 Å². The van der Waals surface area contributed by atoms with Crippen molar-refractivity contribution in [2.45, 2.75) is 0 Å². The number of hydrogen-bond donors (Lipinski definition) is 3. The molecule has 0 aliphatic carbocycles. The first-order valence-electron chi connectivity index (χ1n) is 4.74. The van der Waals surface area contributed by atoms with Crippen molar-refractivity contribution >= 4 is 44.4 Å². The third kappa shape index (κ3) is 2.96. The van der Waals surface area contributed by atoms with Crippen LogP contribution in [0, 0.1) is 5.82 Å². The summed E-state index contributed by atoms with van der Waals surface area (Å²) in [4.78, 5) is 3.92. The highest BCUT2D eigenvalue weighted by Gasteiger charge is 2.05. The smallest absolute Gasteiger partial charge is 0.205 e. The lowest BCUT2D eigenvalue weighted by Crippen LogP contribution is -1.92. The SMILES string of the molecule is Nc1csc(NN=Cc2cc(F)c(Br)cc2O)n1. The molecule has 0 radical (unpaired) electrons. The second-order valence-electron chi connectivity index (χ2n) is 3.27. The number of rotatable bonds is 3. The number of nitrogens with zero attached hydrogens (tertiary/aromatic N) is 2. The number of anilines is 2. The largest absolute Gasteiger partial charge is 0.507 e. The lowest BCUT2D eigenvalue weighted by molar-refractivity contribution is 0.471. The Balaban J connectivity index is 2.11. The summed E-state index contributed by atoms with van der Waals surface area (Å²) in [5, 5.41) is 15.6. The van der Waals surface area contributed by atoms with Crippen LogP contribution in [-0.4, -0.2) is 16.3 Å². The number of phenols is 1. The van der Waals surface area contributed by atoms with Crippen LogP contribution < -0.4 is 11.2 Å². The van der Waals surface area contributed by atoms with Crippen molar-refractivity contribution in [1.82, 2.24) is 4.98 Å². The van der Waals surface area contributed by atoms with E-state index in [2.05, 4.69) is 31.4 Å². The molecule has 0 atom stereocenters. The Morgan fingerprint density at radius 3 is 3.00 bits per heavy atom. The highest BCUT2D eigenvalue weighted by Crippen LogP contribution is 2.24. The Kier molecular flexibility index (Phi) is 3.78. The van der Waals surface area contributed by atoms with Gasteiger partial charge in [0, 0.05) is 10.9 Å². The molecule has 2 rings (SSSR count). The van der Waals surface area contributed by atoms with E-state index in [0.29, 0.717) is 10.9 Å². The molecule has 18 heavy (non-hydrogen) atoms. The van der Waals surface area contributed by atoms with Crippen LogP contribution in [0.3, 0.4) is 0 Å². The van der Waals surface area contributed by atoms with E-state index in [4.69, 9.17) is 5.73 Å². The Labute approximate surface area is 114 Å². The number of aromatic hydroxyl groups is 1. The first kappa shape index (κ1) is 12.8. The monoisotopic (exact) mass is 330 g/mol. The van der Waals surface area contributed by atoms with Crippen molar-refractivity contribution < 1.29 is 9.50 Å². The third-order valence-corrected chi connectivity index (χ3v) is 3.33. The van der Waals surface area contributed by atoms with Crippen LogP contribution in [0.1, 0.15) is 5.56 Å². The van der Waals surface area contributed by atoms with Crippen LogP contribution in [0.2, 0.25) is 0 Å². The Hall–Kier alpha value is -1.67. The second-order valence-corrected chi connectivity index (χ2v) is 4.99. The summed E-state index contributed by atoms with van der Waals surface area (Å²) in [5.41, 5.74) is 8.32. The van der Waals surface area contributed by atoms with Gasteiger partial charge in [-0.3, -0.25) is 5.43 Å². The molecule has 4 N–H and O–H groups in total. The van der Waals surface area contributed by atoms with E-state index in [-0.39, 0.29) is 15.8 Å². The fourth-order valence-electron chi connectivity index (χ4n) is 1.15. The van der Waals surface area contributed by atoms with Crippen molar-refractivity contribution in [2.75, 3.05) is 11.2 Å². The average molecular weight is 331 g/mol. The standard InChI is InChI=1S/C10H8BrFN4OS/c11-6-2-8(17)5(1-7(6)12)3-14-16-10-15-9(13)4-18-10/h1-4,17H,13H2,(H,15,16). The first-order chi connectivity index (χ1) is 8.56. The summed E-state index contributed by atoms with van der Waals surface area (Å²) in [6.07, 6.45) is 1.29. The number of hydrazone groups is 1. The van der Waals surface area contributed by atoms with Crippen LogP contribution in [0.5, 0.6) is 5.75 Å². The van der Waals surface area contributed by atoms with Crippen molar-refractivity contribution in [3.8, 4) is 5.75 Å². The van der Waals surface area contributed by atoms with Gasteiger partial charge in [0.25, 0.3) is 0 Å². The number of aromatic nitrogens is 1. The predicted molar refractivity (Wildman–Crippen MR) is 73.5 cm³/mol. The Morgan fingerprint density at radius 1 is 1.56 bits per heavy atom. The summed E-state index contributed by atoms with van der Waals surface area (Å²) >= 11 is 4.26. The van der Waals surface area contributed by atoms with Crippen molar-refractivity contribution in [2.24, 2.45) is 5.10 Å². The normalized spacial score (nSPS) is 11.0. The lowest BCUT2D eigenvalue weighted by Gasteiger charge is -2.00. The van der Waals surface area contributed by atoms with Crippen LogP contribution in [0.4, 0.5) is 15.3 Å². The number of halogens is 2. The molecule has 0 unspecified atom stereocenters. The topological polar surface area (TPSA) is 83.5 Å². The molecule has 0 spiro atoms. The molecule has 0 aliphatic heterocycles. The van der Waals surface area contributed by atoms with Gasteiger partial charge in [0.05, 0.1) is 10.7 Å². The lowest BCUT2D eigenvalue weighted by atomic mass is 10.2. The molecule has 2 aromatic rings. The second kappa shape index (κ2) is 5.32. The van der Waals surface area contributed by atoms with E-state index < -0.39 is 5.82 Å². The first-order valence-corrected chi connectivity index (χ1v) is 6.41. The zero-order chi connectivity index (χ0) is 13.1. The zero-order valence-corrected chi connectivity index (χ0v) is 11.3. The fraction of sp³-hybridized carbons (Fsp3) is 0. The number of phenolic OH excluding ortho intramolecular Hbond substituents is 1. The molecule has 94 valence electrons. The van der Waals surface area contributed by atoms with Gasteiger partial charge in [-0.25, -0.2) is 9.37 Å². The minimum Gasteiger partial charge on any atom is -0.507 e. The van der Waals surface area contributed by atoms with Gasteiger partial charge in [-0.15, -0.1) is 11.3 Å². The summed E-state index contributed by atoms with van der Waals surface area (Å²) in [7, 11) is 0. The van der Waals surface area contributed by atoms with Gasteiger partial charge >= 0.3 is 0 Å². The summed E-state index contributed by atoms with van der Waals surface area (Å²) in [6.45, 7) is 0. The van der Waals surface area contributed by atoms with E-state index in [0.717, 1.165) is 0 Å². The van der Waals surface area contributed by atoms with Gasteiger partial charge < -0.3 is 10.8 Å². The maximum atomic E-state index is 13.2. The van der Waals surface area contributed by atoms with E-state index in [9.17, 15) is 9.50 Å². The number of nitrogen functional groups attached to an aromatic ring is 1. The van der Waals surface area contributed by atoms with Gasteiger partial charge in [0.2, 0.25) is 5.13 Å². The number of hydrogen-bond acceptors (Lipinski definition) is 6. The molecule has 1 aromatic carbocycles. The highest BCUT2D eigenvalue weighted by atomic mass is 79.9. The molecule has 8 heteroatoms.